The second-order valence-electron chi connectivity index (χ2n) is 4.30. The van der Waals surface area contributed by atoms with Crippen LogP contribution in [0.4, 0.5) is 5.69 Å². The van der Waals surface area contributed by atoms with Gasteiger partial charge < -0.3 is 9.73 Å². The summed E-state index contributed by atoms with van der Waals surface area (Å²) in [5.74, 6) is -2.87. The first-order valence-corrected chi connectivity index (χ1v) is 6.79. The van der Waals surface area contributed by atoms with Gasteiger partial charge in [0.05, 0.1) is 16.8 Å². The number of benzene rings is 1. The number of aryl methyl sites for hydroxylation is 1. The quantitative estimate of drug-likeness (QED) is 0.682. The molecule has 1 N–H and O–H groups in total. The largest absolute Gasteiger partial charge is 0.448 e. The maximum atomic E-state index is 12.2. The van der Waals surface area contributed by atoms with Crippen LogP contribution in [0, 0.1) is 24.2 Å². The molecule has 6 nitrogen and oxygen atoms in total. The van der Waals surface area contributed by atoms with E-state index in [1.165, 1.54) is 25.1 Å². The van der Waals surface area contributed by atoms with Crippen molar-refractivity contribution >= 4 is 40.6 Å². The van der Waals surface area contributed by atoms with Gasteiger partial charge in [0.25, 0.3) is 0 Å². The zero-order chi connectivity index (χ0) is 16.3. The molecule has 22 heavy (non-hydrogen) atoms. The molecule has 1 atom stereocenters. The van der Waals surface area contributed by atoms with E-state index >= 15 is 0 Å². The van der Waals surface area contributed by atoms with Crippen LogP contribution in [0.2, 0.25) is 10.0 Å². The molecule has 112 valence electrons. The highest BCUT2D eigenvalue weighted by atomic mass is 35.5. The number of nitriles is 1. The summed E-state index contributed by atoms with van der Waals surface area (Å²) in [5, 5.41) is 12.1. The molecule has 0 unspecified atom stereocenters. The highest BCUT2D eigenvalue weighted by Crippen LogP contribution is 2.26. The fourth-order valence-corrected chi connectivity index (χ4v) is 2.17. The molecule has 0 aliphatic heterocycles. The van der Waals surface area contributed by atoms with Crippen molar-refractivity contribution in [1.82, 2.24) is 4.98 Å². The van der Waals surface area contributed by atoms with E-state index in [1.807, 2.05) is 0 Å². The van der Waals surface area contributed by atoms with E-state index in [-0.39, 0.29) is 22.2 Å². The summed E-state index contributed by atoms with van der Waals surface area (Å²) in [7, 11) is 0. The van der Waals surface area contributed by atoms with Crippen LogP contribution in [0.15, 0.2) is 29.0 Å². The van der Waals surface area contributed by atoms with Gasteiger partial charge in [0.2, 0.25) is 11.7 Å². The maximum Gasteiger partial charge on any atom is 0.249 e. The molecular formula is C14H9Cl2N3O3. The summed E-state index contributed by atoms with van der Waals surface area (Å²) in [6, 6.07) is 6.09. The number of carbonyl (C=O) groups excluding carboxylic acids is 2. The summed E-state index contributed by atoms with van der Waals surface area (Å²) in [6.07, 6.45) is 1.07. The second-order valence-corrected chi connectivity index (χ2v) is 5.14. The third-order valence-corrected chi connectivity index (χ3v) is 3.37. The van der Waals surface area contributed by atoms with Gasteiger partial charge in [-0.05, 0) is 25.1 Å². The lowest BCUT2D eigenvalue weighted by Gasteiger charge is -2.10. The van der Waals surface area contributed by atoms with E-state index < -0.39 is 17.6 Å². The van der Waals surface area contributed by atoms with E-state index in [4.69, 9.17) is 32.9 Å². The molecule has 0 spiro atoms. The van der Waals surface area contributed by atoms with E-state index in [2.05, 4.69) is 10.3 Å². The van der Waals surface area contributed by atoms with Crippen molar-refractivity contribution in [2.75, 3.05) is 5.32 Å². The number of halogens is 2. The molecule has 1 heterocycles. The van der Waals surface area contributed by atoms with Crippen molar-refractivity contribution in [3.63, 3.8) is 0 Å². The van der Waals surface area contributed by atoms with Crippen LogP contribution in [0.25, 0.3) is 0 Å². The van der Waals surface area contributed by atoms with E-state index in [9.17, 15) is 9.59 Å². The molecule has 0 saturated carbocycles. The summed E-state index contributed by atoms with van der Waals surface area (Å²) < 4.78 is 4.90. The topological polar surface area (TPSA) is 96.0 Å². The molecule has 1 aromatic heterocycles. The summed E-state index contributed by atoms with van der Waals surface area (Å²) in [6.45, 7) is 1.52. The third-order valence-electron chi connectivity index (χ3n) is 2.82. The zero-order valence-electron chi connectivity index (χ0n) is 11.3. The van der Waals surface area contributed by atoms with Crippen molar-refractivity contribution in [2.45, 2.75) is 6.92 Å². The van der Waals surface area contributed by atoms with Crippen molar-refractivity contribution in [1.29, 1.82) is 5.26 Å². The fourth-order valence-electron chi connectivity index (χ4n) is 1.71. The van der Waals surface area contributed by atoms with E-state index in [1.54, 1.807) is 6.07 Å². The van der Waals surface area contributed by atoms with Gasteiger partial charge in [0.1, 0.15) is 11.5 Å². The van der Waals surface area contributed by atoms with Gasteiger partial charge >= 0.3 is 0 Å². The minimum Gasteiger partial charge on any atom is -0.448 e. The molecule has 0 radical (unpaired) electrons. The smallest absolute Gasteiger partial charge is 0.249 e. The highest BCUT2D eigenvalue weighted by molar-refractivity contribution is 6.36. The number of oxazole rings is 1. The molecule has 0 saturated heterocycles. The first kappa shape index (κ1) is 16.0. The van der Waals surface area contributed by atoms with Crippen LogP contribution in [-0.2, 0) is 4.79 Å². The number of Topliss-reactive ketones (excluding diaryl/α,β-unsaturated/α-hetero) is 1. The Kier molecular flexibility index (Phi) is 4.81. The normalized spacial score (nSPS) is 11.5. The number of hydrogen-bond donors (Lipinski definition) is 1. The van der Waals surface area contributed by atoms with Gasteiger partial charge in [-0.2, -0.15) is 5.26 Å². The van der Waals surface area contributed by atoms with Crippen LogP contribution in [0.3, 0.4) is 0 Å². The number of amides is 1. The Morgan fingerprint density at radius 1 is 1.41 bits per heavy atom. The first-order valence-electron chi connectivity index (χ1n) is 6.04. The van der Waals surface area contributed by atoms with Crippen LogP contribution < -0.4 is 5.32 Å². The van der Waals surface area contributed by atoms with Gasteiger partial charge in [-0.3, -0.25) is 9.59 Å². The lowest BCUT2D eigenvalue weighted by atomic mass is 10.0. The number of ketones is 1. The van der Waals surface area contributed by atoms with Crippen molar-refractivity contribution < 1.29 is 14.0 Å². The average Bonchev–Trinajstić information content (AvgIpc) is 2.89. The summed E-state index contributed by atoms with van der Waals surface area (Å²) >= 11 is 11.7. The number of nitrogens with zero attached hydrogens (tertiary/aromatic N) is 2. The lowest BCUT2D eigenvalue weighted by Crippen LogP contribution is -2.29. The Morgan fingerprint density at radius 2 is 2.14 bits per heavy atom. The predicted molar refractivity (Wildman–Crippen MR) is 79.8 cm³/mol. The SMILES string of the molecule is Cc1ocnc1C(=O)[C@@H](C#N)C(=O)Nc1ccc(Cl)cc1Cl. The van der Waals surface area contributed by atoms with Gasteiger partial charge in [-0.25, -0.2) is 4.98 Å². The Labute approximate surface area is 135 Å². The number of aromatic nitrogens is 1. The number of hydrogen-bond acceptors (Lipinski definition) is 5. The fraction of sp³-hybridized carbons (Fsp3) is 0.143. The average molecular weight is 338 g/mol. The third kappa shape index (κ3) is 3.27. The monoisotopic (exact) mass is 337 g/mol. The molecular weight excluding hydrogens is 329 g/mol. The number of nitrogens with one attached hydrogen (secondary N) is 1. The zero-order valence-corrected chi connectivity index (χ0v) is 12.8. The molecule has 2 rings (SSSR count). The van der Waals surface area contributed by atoms with Gasteiger partial charge in [0.15, 0.2) is 12.3 Å². The summed E-state index contributed by atoms with van der Waals surface area (Å²) in [4.78, 5) is 28.0. The minimum atomic E-state index is -1.56. The van der Waals surface area contributed by atoms with Crippen LogP contribution in [0.5, 0.6) is 0 Å². The van der Waals surface area contributed by atoms with Crippen molar-refractivity contribution in [3.05, 3.63) is 46.1 Å². The van der Waals surface area contributed by atoms with Crippen molar-refractivity contribution in [2.24, 2.45) is 5.92 Å². The van der Waals surface area contributed by atoms with Crippen LogP contribution >= 0.6 is 23.2 Å². The lowest BCUT2D eigenvalue weighted by molar-refractivity contribution is -0.117. The second kappa shape index (κ2) is 6.60. The Morgan fingerprint density at radius 3 is 2.68 bits per heavy atom. The van der Waals surface area contributed by atoms with E-state index in [0.29, 0.717) is 5.02 Å². The molecule has 2 aromatic rings. The molecule has 0 fully saturated rings. The molecule has 8 heteroatoms. The molecule has 0 bridgehead atoms. The predicted octanol–water partition coefficient (Wildman–Crippen LogP) is 3.25. The maximum absolute atomic E-state index is 12.2. The molecule has 0 aliphatic carbocycles. The standard InChI is InChI=1S/C14H9Cl2N3O3/c1-7-12(18-6-22-7)13(20)9(5-17)14(21)19-11-3-2-8(15)4-10(11)16/h2-4,6,9H,1H3,(H,19,21)/t9-/m1/s1. The molecule has 1 amide bonds. The Balaban J connectivity index is 2.21. The molecule has 1 aromatic carbocycles. The minimum absolute atomic E-state index is 0.0519. The van der Waals surface area contributed by atoms with Crippen molar-refractivity contribution in [3.8, 4) is 6.07 Å². The summed E-state index contributed by atoms with van der Waals surface area (Å²) in [5.41, 5.74) is 0.199. The Bertz CT molecular complexity index is 780. The number of anilines is 1. The van der Waals surface area contributed by atoms with Crippen LogP contribution in [0.1, 0.15) is 16.2 Å². The van der Waals surface area contributed by atoms with E-state index in [0.717, 1.165) is 6.39 Å². The molecule has 0 aliphatic rings. The Hall–Kier alpha value is -2.36. The number of carbonyl (C=O) groups is 2. The van der Waals surface area contributed by atoms with Gasteiger partial charge in [-0.15, -0.1) is 0 Å². The number of rotatable bonds is 4. The van der Waals surface area contributed by atoms with Gasteiger partial charge in [-0.1, -0.05) is 23.2 Å². The van der Waals surface area contributed by atoms with Crippen LogP contribution in [-0.4, -0.2) is 16.7 Å². The highest BCUT2D eigenvalue weighted by Gasteiger charge is 2.31. The van der Waals surface area contributed by atoms with Gasteiger partial charge in [0, 0.05) is 5.02 Å². The first-order chi connectivity index (χ1) is 10.4.